The maximum atomic E-state index is 11.9. The third kappa shape index (κ3) is 2.77. The summed E-state index contributed by atoms with van der Waals surface area (Å²) in [6.45, 7) is 5.57. The highest BCUT2D eigenvalue weighted by atomic mass is 32.1. The van der Waals surface area contributed by atoms with Crippen LogP contribution in [-0.2, 0) is 4.79 Å². The first-order valence-electron chi connectivity index (χ1n) is 5.12. The number of carbonyl (C=O) groups excluding carboxylic acids is 1. The molecule has 84 valence electrons. The van der Waals surface area contributed by atoms with Crippen molar-refractivity contribution in [2.24, 2.45) is 0 Å². The van der Waals surface area contributed by atoms with Crippen molar-refractivity contribution in [1.82, 2.24) is 4.98 Å². The molecule has 1 atom stereocenters. The average molecular weight is 234 g/mol. The van der Waals surface area contributed by atoms with Gasteiger partial charge in [0.15, 0.2) is 11.7 Å². The summed E-state index contributed by atoms with van der Waals surface area (Å²) in [6.07, 6.45) is 2.64. The molecule has 0 radical (unpaired) electrons. The van der Waals surface area contributed by atoms with Gasteiger partial charge in [0, 0.05) is 11.1 Å². The lowest BCUT2D eigenvalue weighted by Crippen LogP contribution is -2.11. The third-order valence-corrected chi connectivity index (χ3v) is 3.20. The minimum absolute atomic E-state index is 0.140. The summed E-state index contributed by atoms with van der Waals surface area (Å²) in [5, 5.41) is 11.5. The minimum Gasteiger partial charge on any atom is -0.293 e. The van der Waals surface area contributed by atoms with Crippen molar-refractivity contribution in [3.63, 3.8) is 0 Å². The summed E-state index contributed by atoms with van der Waals surface area (Å²) in [6, 6.07) is 2.03. The number of hydrogen-bond donors (Lipinski definition) is 0. The molecular weight excluding hydrogens is 220 g/mol. The second-order valence-electron chi connectivity index (χ2n) is 3.55. The molecule has 0 N–H and O–H groups in total. The molecule has 1 aromatic rings. The number of nitrogens with zero attached hydrogens (tertiary/aromatic N) is 2. The second-order valence-corrected chi connectivity index (χ2v) is 4.44. The fourth-order valence-electron chi connectivity index (χ4n) is 1.37. The Hall–Kier alpha value is -1.47. The van der Waals surface area contributed by atoms with Gasteiger partial charge in [-0.05, 0) is 25.8 Å². The van der Waals surface area contributed by atoms with Crippen LogP contribution in [0.3, 0.4) is 0 Å². The van der Waals surface area contributed by atoms with Crippen molar-refractivity contribution < 1.29 is 4.79 Å². The molecule has 4 heteroatoms. The molecule has 16 heavy (non-hydrogen) atoms. The van der Waals surface area contributed by atoms with Gasteiger partial charge in [0.2, 0.25) is 0 Å². The summed E-state index contributed by atoms with van der Waals surface area (Å²) < 4.78 is 0. The molecule has 0 saturated carbocycles. The van der Waals surface area contributed by atoms with Crippen molar-refractivity contribution in [1.29, 1.82) is 5.26 Å². The van der Waals surface area contributed by atoms with Gasteiger partial charge in [-0.3, -0.25) is 4.79 Å². The highest BCUT2D eigenvalue weighted by molar-refractivity contribution is 7.10. The molecule has 0 saturated heterocycles. The number of carbonyl (C=O) groups is 1. The van der Waals surface area contributed by atoms with E-state index in [1.54, 1.807) is 6.92 Å². The predicted octanol–water partition coefficient (Wildman–Crippen LogP) is 2.98. The number of allylic oxidation sites excluding steroid dienone is 2. The Balaban J connectivity index is 2.97. The lowest BCUT2D eigenvalue weighted by Gasteiger charge is -2.04. The lowest BCUT2D eigenvalue weighted by molar-refractivity contribution is -0.115. The Morgan fingerprint density at radius 1 is 1.75 bits per heavy atom. The Morgan fingerprint density at radius 3 is 2.88 bits per heavy atom. The number of hydrogen-bond acceptors (Lipinski definition) is 4. The van der Waals surface area contributed by atoms with E-state index >= 15 is 0 Å². The molecule has 0 spiro atoms. The number of rotatable bonds is 4. The van der Waals surface area contributed by atoms with Gasteiger partial charge in [0.1, 0.15) is 5.01 Å². The van der Waals surface area contributed by atoms with Gasteiger partial charge < -0.3 is 0 Å². The second kappa shape index (κ2) is 5.57. The normalized spacial score (nSPS) is 13.2. The first kappa shape index (κ1) is 12.6. The molecule has 0 bridgehead atoms. The van der Waals surface area contributed by atoms with E-state index in [-0.39, 0.29) is 5.78 Å². The molecule has 0 fully saturated rings. The zero-order valence-electron chi connectivity index (χ0n) is 9.65. The van der Waals surface area contributed by atoms with E-state index in [4.69, 9.17) is 5.26 Å². The standard InChI is InChI=1S/C12H14N2OS/c1-4-5-8(2)11(15)10(6-13)12-14-9(3)7-16-12/h5,7,10H,4H2,1-3H3/b8-5+. The van der Waals surface area contributed by atoms with Crippen LogP contribution in [0.4, 0.5) is 0 Å². The van der Waals surface area contributed by atoms with Crippen LogP contribution in [0.2, 0.25) is 0 Å². The largest absolute Gasteiger partial charge is 0.293 e. The maximum Gasteiger partial charge on any atom is 0.182 e. The fraction of sp³-hybridized carbons (Fsp3) is 0.417. The zero-order chi connectivity index (χ0) is 12.1. The van der Waals surface area contributed by atoms with E-state index in [1.165, 1.54) is 11.3 Å². The molecular formula is C12H14N2OS. The Kier molecular flexibility index (Phi) is 4.39. The van der Waals surface area contributed by atoms with Crippen LogP contribution in [0, 0.1) is 18.3 Å². The number of aromatic nitrogens is 1. The van der Waals surface area contributed by atoms with E-state index in [9.17, 15) is 4.79 Å². The van der Waals surface area contributed by atoms with Crippen molar-refractivity contribution in [3.05, 3.63) is 27.7 Å². The van der Waals surface area contributed by atoms with Gasteiger partial charge in [-0.2, -0.15) is 5.26 Å². The summed E-state index contributed by atoms with van der Waals surface area (Å²) in [4.78, 5) is 16.1. The maximum absolute atomic E-state index is 11.9. The summed E-state index contributed by atoms with van der Waals surface area (Å²) >= 11 is 1.36. The highest BCUT2D eigenvalue weighted by Gasteiger charge is 2.23. The Bertz CT molecular complexity index is 454. The van der Waals surface area contributed by atoms with E-state index in [0.29, 0.717) is 10.6 Å². The number of nitriles is 1. The molecule has 0 aromatic carbocycles. The summed E-state index contributed by atoms with van der Waals surface area (Å²) in [7, 11) is 0. The van der Waals surface area contributed by atoms with Gasteiger partial charge in [0.05, 0.1) is 6.07 Å². The number of thiazole rings is 1. The number of aryl methyl sites for hydroxylation is 1. The molecule has 1 heterocycles. The number of Topliss-reactive ketones (excluding diaryl/α,β-unsaturated/α-hetero) is 1. The average Bonchev–Trinajstić information content (AvgIpc) is 2.66. The van der Waals surface area contributed by atoms with Crippen LogP contribution in [-0.4, -0.2) is 10.8 Å². The number of ketones is 1. The quantitative estimate of drug-likeness (QED) is 0.752. The van der Waals surface area contributed by atoms with Crippen LogP contribution in [0.15, 0.2) is 17.0 Å². The van der Waals surface area contributed by atoms with Crippen LogP contribution in [0.25, 0.3) is 0 Å². The monoisotopic (exact) mass is 234 g/mol. The van der Waals surface area contributed by atoms with E-state index < -0.39 is 5.92 Å². The zero-order valence-corrected chi connectivity index (χ0v) is 10.5. The van der Waals surface area contributed by atoms with Crippen LogP contribution < -0.4 is 0 Å². The molecule has 3 nitrogen and oxygen atoms in total. The first-order chi connectivity index (χ1) is 7.60. The van der Waals surface area contributed by atoms with Crippen molar-refractivity contribution >= 4 is 17.1 Å². The Morgan fingerprint density at radius 2 is 2.44 bits per heavy atom. The summed E-state index contributed by atoms with van der Waals surface area (Å²) in [5.41, 5.74) is 1.49. The predicted molar refractivity (Wildman–Crippen MR) is 64.3 cm³/mol. The van der Waals surface area contributed by atoms with Gasteiger partial charge in [-0.25, -0.2) is 4.98 Å². The minimum atomic E-state index is -0.749. The molecule has 0 aliphatic rings. The van der Waals surface area contributed by atoms with Crippen LogP contribution >= 0.6 is 11.3 Å². The summed E-state index contributed by atoms with van der Waals surface area (Å²) in [5.74, 6) is -0.889. The van der Waals surface area contributed by atoms with E-state index in [0.717, 1.165) is 12.1 Å². The molecule has 0 amide bonds. The van der Waals surface area contributed by atoms with Crippen molar-refractivity contribution in [2.75, 3.05) is 0 Å². The van der Waals surface area contributed by atoms with Gasteiger partial charge in [0.25, 0.3) is 0 Å². The molecule has 0 aliphatic carbocycles. The lowest BCUT2D eigenvalue weighted by atomic mass is 10.00. The molecule has 1 aromatic heterocycles. The van der Waals surface area contributed by atoms with Gasteiger partial charge in [-0.1, -0.05) is 13.0 Å². The van der Waals surface area contributed by atoms with Crippen LogP contribution in [0.5, 0.6) is 0 Å². The van der Waals surface area contributed by atoms with Gasteiger partial charge in [-0.15, -0.1) is 11.3 Å². The topological polar surface area (TPSA) is 53.8 Å². The van der Waals surface area contributed by atoms with Crippen LogP contribution in [0.1, 0.15) is 36.9 Å². The van der Waals surface area contributed by atoms with E-state index in [1.807, 2.05) is 31.4 Å². The smallest absolute Gasteiger partial charge is 0.182 e. The third-order valence-electron chi connectivity index (χ3n) is 2.17. The van der Waals surface area contributed by atoms with E-state index in [2.05, 4.69) is 4.98 Å². The fourth-order valence-corrected chi connectivity index (χ4v) is 2.20. The Labute approximate surface area is 99.4 Å². The molecule has 1 unspecified atom stereocenters. The SMILES string of the molecule is CC/C=C(\C)C(=O)C(C#N)c1nc(C)cs1. The molecule has 0 aliphatic heterocycles. The van der Waals surface area contributed by atoms with Gasteiger partial charge >= 0.3 is 0 Å². The van der Waals surface area contributed by atoms with Crippen molar-refractivity contribution in [2.45, 2.75) is 33.1 Å². The first-order valence-corrected chi connectivity index (χ1v) is 6.00. The molecule has 1 rings (SSSR count). The van der Waals surface area contributed by atoms with Crippen molar-refractivity contribution in [3.8, 4) is 6.07 Å². The highest BCUT2D eigenvalue weighted by Crippen LogP contribution is 2.23.